The molecule has 0 bridgehead atoms. The molecule has 2 aromatic rings. The van der Waals surface area contributed by atoms with Gasteiger partial charge < -0.3 is 4.74 Å². The summed E-state index contributed by atoms with van der Waals surface area (Å²) in [6, 6.07) is 5.55. The molecule has 1 atom stereocenters. The summed E-state index contributed by atoms with van der Waals surface area (Å²) in [6.45, 7) is 7.27. The maximum Gasteiger partial charge on any atom is 0.244 e. The fourth-order valence-corrected chi connectivity index (χ4v) is 4.30. The van der Waals surface area contributed by atoms with E-state index in [1.165, 1.54) is 0 Å². The third-order valence-electron chi connectivity index (χ3n) is 4.50. The number of hydrogen-bond acceptors (Lipinski definition) is 6. The Morgan fingerprint density at radius 1 is 1.31 bits per heavy atom. The molecule has 0 amide bonds. The Labute approximate surface area is 154 Å². The first kappa shape index (κ1) is 19.0. The minimum Gasteiger partial charge on any atom is -0.379 e. The van der Waals surface area contributed by atoms with Crippen LogP contribution in [0.5, 0.6) is 0 Å². The van der Waals surface area contributed by atoms with Crippen LogP contribution in [0.1, 0.15) is 24.4 Å². The van der Waals surface area contributed by atoms with Crippen LogP contribution in [0.15, 0.2) is 35.5 Å². The monoisotopic (exact) mass is 379 g/mol. The molecule has 0 aromatic carbocycles. The molecule has 8 nitrogen and oxygen atoms in total. The van der Waals surface area contributed by atoms with Crippen LogP contribution in [0.4, 0.5) is 0 Å². The van der Waals surface area contributed by atoms with Gasteiger partial charge in [-0.3, -0.25) is 14.6 Å². The van der Waals surface area contributed by atoms with Crippen LogP contribution in [0, 0.1) is 6.92 Å². The van der Waals surface area contributed by atoms with Crippen LogP contribution in [0.2, 0.25) is 0 Å². The van der Waals surface area contributed by atoms with Crippen molar-refractivity contribution >= 4 is 10.0 Å². The van der Waals surface area contributed by atoms with Crippen molar-refractivity contribution in [2.75, 3.05) is 32.8 Å². The predicted molar refractivity (Wildman–Crippen MR) is 97.2 cm³/mol. The van der Waals surface area contributed by atoms with E-state index in [2.05, 4.69) is 19.7 Å². The van der Waals surface area contributed by atoms with Crippen molar-refractivity contribution in [3.8, 4) is 0 Å². The number of nitrogens with one attached hydrogen (secondary N) is 1. The van der Waals surface area contributed by atoms with Crippen LogP contribution >= 0.6 is 0 Å². The van der Waals surface area contributed by atoms with E-state index in [0.29, 0.717) is 25.5 Å². The van der Waals surface area contributed by atoms with Crippen LogP contribution in [-0.2, 0) is 21.3 Å². The number of sulfonamides is 1. The highest BCUT2D eigenvalue weighted by molar-refractivity contribution is 7.89. The first-order chi connectivity index (χ1) is 12.5. The Morgan fingerprint density at radius 2 is 2.08 bits per heavy atom. The number of morpholine rings is 1. The summed E-state index contributed by atoms with van der Waals surface area (Å²) in [6.07, 6.45) is 3.30. The Kier molecular flexibility index (Phi) is 6.02. The number of nitrogens with zero attached hydrogens (tertiary/aromatic N) is 4. The predicted octanol–water partition coefficient (Wildman–Crippen LogP) is 0.958. The quantitative estimate of drug-likeness (QED) is 0.771. The van der Waals surface area contributed by atoms with E-state index in [1.54, 1.807) is 24.0 Å². The molecule has 1 fully saturated rings. The molecule has 1 aliphatic heterocycles. The molecule has 0 saturated carbocycles. The molecule has 26 heavy (non-hydrogen) atoms. The van der Waals surface area contributed by atoms with Crippen molar-refractivity contribution in [1.29, 1.82) is 0 Å². The smallest absolute Gasteiger partial charge is 0.244 e. The SMILES string of the molecule is CCn1cc(S(=O)(=O)NC[C@H](c2ccccn2)N2CCOCC2)c(C)n1. The normalized spacial score (nSPS) is 17.3. The first-order valence-electron chi connectivity index (χ1n) is 8.77. The third-order valence-corrected chi connectivity index (χ3v) is 6.02. The highest BCUT2D eigenvalue weighted by Crippen LogP contribution is 2.21. The van der Waals surface area contributed by atoms with E-state index in [1.807, 2.05) is 25.1 Å². The van der Waals surface area contributed by atoms with Gasteiger partial charge >= 0.3 is 0 Å². The summed E-state index contributed by atoms with van der Waals surface area (Å²) in [5.41, 5.74) is 1.35. The van der Waals surface area contributed by atoms with Gasteiger partial charge in [-0.05, 0) is 26.0 Å². The Balaban J connectivity index is 1.79. The van der Waals surface area contributed by atoms with Gasteiger partial charge in [0.1, 0.15) is 4.90 Å². The van der Waals surface area contributed by atoms with Crippen molar-refractivity contribution < 1.29 is 13.2 Å². The molecule has 0 unspecified atom stereocenters. The van der Waals surface area contributed by atoms with Crippen LogP contribution < -0.4 is 4.72 Å². The largest absolute Gasteiger partial charge is 0.379 e. The summed E-state index contributed by atoms with van der Waals surface area (Å²) < 4.78 is 35.3. The fourth-order valence-electron chi connectivity index (χ4n) is 3.07. The summed E-state index contributed by atoms with van der Waals surface area (Å²) in [7, 11) is -3.64. The molecule has 0 aliphatic carbocycles. The van der Waals surface area contributed by atoms with Gasteiger partial charge in [0.2, 0.25) is 10.0 Å². The molecule has 2 aromatic heterocycles. The average molecular weight is 379 g/mol. The molecule has 9 heteroatoms. The molecule has 3 rings (SSSR count). The summed E-state index contributed by atoms with van der Waals surface area (Å²) >= 11 is 0. The van der Waals surface area contributed by atoms with E-state index < -0.39 is 10.0 Å². The van der Waals surface area contributed by atoms with Gasteiger partial charge in [-0.25, -0.2) is 13.1 Å². The van der Waals surface area contributed by atoms with Gasteiger partial charge in [0, 0.05) is 38.6 Å². The van der Waals surface area contributed by atoms with Crippen molar-refractivity contribution in [3.05, 3.63) is 42.0 Å². The lowest BCUT2D eigenvalue weighted by atomic mass is 10.1. The second-order valence-corrected chi connectivity index (χ2v) is 7.94. The second kappa shape index (κ2) is 8.26. The van der Waals surface area contributed by atoms with Crippen LogP contribution in [0.3, 0.4) is 0 Å². The van der Waals surface area contributed by atoms with E-state index in [0.717, 1.165) is 18.8 Å². The lowest BCUT2D eigenvalue weighted by molar-refractivity contribution is 0.0163. The number of ether oxygens (including phenoxy) is 1. The summed E-state index contributed by atoms with van der Waals surface area (Å²) in [4.78, 5) is 6.86. The van der Waals surface area contributed by atoms with Crippen molar-refractivity contribution in [2.24, 2.45) is 0 Å². The maximum atomic E-state index is 12.8. The van der Waals surface area contributed by atoms with Gasteiger partial charge in [0.05, 0.1) is 30.6 Å². The minimum absolute atomic E-state index is 0.142. The molecular formula is C17H25N5O3S. The van der Waals surface area contributed by atoms with Gasteiger partial charge in [0.15, 0.2) is 0 Å². The van der Waals surface area contributed by atoms with Gasteiger partial charge in [-0.2, -0.15) is 5.10 Å². The molecule has 1 N–H and O–H groups in total. The van der Waals surface area contributed by atoms with Crippen molar-refractivity contribution in [2.45, 2.75) is 31.3 Å². The summed E-state index contributed by atoms with van der Waals surface area (Å²) in [5, 5.41) is 4.23. The third kappa shape index (κ3) is 4.29. The average Bonchev–Trinajstić information content (AvgIpc) is 3.05. The lowest BCUT2D eigenvalue weighted by Gasteiger charge is -2.34. The molecular weight excluding hydrogens is 354 g/mol. The van der Waals surface area contributed by atoms with Crippen molar-refractivity contribution in [3.63, 3.8) is 0 Å². The van der Waals surface area contributed by atoms with Gasteiger partial charge in [-0.15, -0.1) is 0 Å². The van der Waals surface area contributed by atoms with E-state index in [9.17, 15) is 8.42 Å². The van der Waals surface area contributed by atoms with E-state index >= 15 is 0 Å². The Bertz CT molecular complexity index is 816. The molecule has 1 saturated heterocycles. The number of hydrogen-bond donors (Lipinski definition) is 1. The highest BCUT2D eigenvalue weighted by Gasteiger charge is 2.27. The highest BCUT2D eigenvalue weighted by atomic mass is 32.2. The van der Waals surface area contributed by atoms with Gasteiger partial charge in [-0.1, -0.05) is 6.07 Å². The minimum atomic E-state index is -3.64. The van der Waals surface area contributed by atoms with E-state index in [4.69, 9.17) is 4.74 Å². The van der Waals surface area contributed by atoms with Crippen LogP contribution in [0.25, 0.3) is 0 Å². The zero-order chi connectivity index (χ0) is 18.6. The summed E-state index contributed by atoms with van der Waals surface area (Å²) in [5.74, 6) is 0. The van der Waals surface area contributed by atoms with Gasteiger partial charge in [0.25, 0.3) is 0 Å². The molecule has 3 heterocycles. The lowest BCUT2D eigenvalue weighted by Crippen LogP contribution is -2.44. The molecule has 1 aliphatic rings. The number of aryl methyl sites for hydroxylation is 2. The number of rotatable bonds is 7. The number of aromatic nitrogens is 3. The fraction of sp³-hybridized carbons (Fsp3) is 0.529. The van der Waals surface area contributed by atoms with Crippen LogP contribution in [-0.4, -0.2) is 60.9 Å². The zero-order valence-electron chi connectivity index (χ0n) is 15.1. The first-order valence-corrected chi connectivity index (χ1v) is 10.3. The van der Waals surface area contributed by atoms with Crippen molar-refractivity contribution in [1.82, 2.24) is 24.4 Å². The topological polar surface area (TPSA) is 89.4 Å². The molecule has 0 radical (unpaired) electrons. The second-order valence-electron chi connectivity index (χ2n) is 6.21. The zero-order valence-corrected chi connectivity index (χ0v) is 15.9. The maximum absolute atomic E-state index is 12.8. The molecule has 142 valence electrons. The Hall–Kier alpha value is -1.81. The van der Waals surface area contributed by atoms with E-state index in [-0.39, 0.29) is 17.5 Å². The standard InChI is InChI=1S/C17H25N5O3S/c1-3-22-13-17(14(2)20-22)26(23,24)19-12-16(15-6-4-5-7-18-15)21-8-10-25-11-9-21/h4-7,13,16,19H,3,8-12H2,1-2H3/t16-/m1/s1. The molecule has 0 spiro atoms. The number of pyridine rings is 1. The Morgan fingerprint density at radius 3 is 2.69 bits per heavy atom.